The third kappa shape index (κ3) is 6.12. The number of unbranched alkanes of at least 4 members (excludes halogenated alkanes) is 1. The summed E-state index contributed by atoms with van der Waals surface area (Å²) in [5.74, 6) is 0.772. The van der Waals surface area contributed by atoms with Gasteiger partial charge in [0.25, 0.3) is 5.91 Å². The van der Waals surface area contributed by atoms with E-state index >= 15 is 0 Å². The maximum absolute atomic E-state index is 13.1. The van der Waals surface area contributed by atoms with Crippen molar-refractivity contribution >= 4 is 22.9 Å². The van der Waals surface area contributed by atoms with Crippen molar-refractivity contribution in [3.8, 4) is 0 Å². The van der Waals surface area contributed by atoms with Gasteiger partial charge < -0.3 is 23.8 Å². The first-order valence-electron chi connectivity index (χ1n) is 12.7. The molecule has 0 N–H and O–H groups in total. The molecule has 2 saturated heterocycles. The topological polar surface area (TPSA) is 64.0 Å². The first kappa shape index (κ1) is 24.6. The number of aromatic nitrogens is 1. The molecule has 0 unspecified atom stereocenters. The van der Waals surface area contributed by atoms with Gasteiger partial charge in [-0.1, -0.05) is 31.0 Å². The molecule has 4 rings (SSSR count). The van der Waals surface area contributed by atoms with Crippen molar-refractivity contribution in [1.82, 2.24) is 14.4 Å². The van der Waals surface area contributed by atoms with E-state index < -0.39 is 5.60 Å². The highest BCUT2D eigenvalue weighted by Gasteiger charge is 2.27. The largest absolute Gasteiger partial charge is 0.444 e. The summed E-state index contributed by atoms with van der Waals surface area (Å²) in [6.45, 7) is 10.8. The van der Waals surface area contributed by atoms with Crippen LogP contribution in [-0.2, 0) is 16.0 Å². The second-order valence-corrected chi connectivity index (χ2v) is 10.6. The number of benzene rings is 1. The maximum atomic E-state index is 13.1. The lowest BCUT2D eigenvalue weighted by atomic mass is 9.92. The molecule has 7 heteroatoms. The molecule has 3 heterocycles. The smallest absolute Gasteiger partial charge is 0.410 e. The summed E-state index contributed by atoms with van der Waals surface area (Å²) in [6.07, 6.45) is 7.36. The number of piperidine rings is 1. The quantitative estimate of drug-likeness (QED) is 0.563. The molecular formula is C27H39N3O4. The summed E-state index contributed by atoms with van der Waals surface area (Å²) in [6, 6.07) is 8.21. The fraction of sp³-hybridized carbons (Fsp3) is 0.630. The van der Waals surface area contributed by atoms with E-state index in [1.54, 1.807) is 0 Å². The van der Waals surface area contributed by atoms with Crippen molar-refractivity contribution in [3.63, 3.8) is 0 Å². The molecule has 2 aliphatic heterocycles. The normalized spacial score (nSPS) is 17.9. The number of nitrogens with zero attached hydrogens (tertiary/aromatic N) is 3. The van der Waals surface area contributed by atoms with Gasteiger partial charge in [0.2, 0.25) is 0 Å². The van der Waals surface area contributed by atoms with Crippen LogP contribution in [0.4, 0.5) is 4.79 Å². The van der Waals surface area contributed by atoms with Gasteiger partial charge in [-0.15, -0.1) is 0 Å². The van der Waals surface area contributed by atoms with Gasteiger partial charge in [-0.25, -0.2) is 4.79 Å². The Bertz CT molecular complexity index is 979. The molecule has 34 heavy (non-hydrogen) atoms. The number of aryl methyl sites for hydroxylation is 1. The Morgan fingerprint density at radius 1 is 1.00 bits per heavy atom. The molecule has 2 aromatic rings. The molecule has 1 aromatic heterocycles. The summed E-state index contributed by atoms with van der Waals surface area (Å²) >= 11 is 0. The fourth-order valence-electron chi connectivity index (χ4n) is 4.98. The molecule has 0 spiro atoms. The first-order chi connectivity index (χ1) is 16.3. The summed E-state index contributed by atoms with van der Waals surface area (Å²) in [4.78, 5) is 29.1. The maximum Gasteiger partial charge on any atom is 0.410 e. The summed E-state index contributed by atoms with van der Waals surface area (Å²) in [7, 11) is 0. The zero-order chi connectivity index (χ0) is 24.1. The number of rotatable bonds is 6. The number of hydrogen-bond donors (Lipinski definition) is 0. The predicted molar refractivity (Wildman–Crippen MR) is 133 cm³/mol. The van der Waals surface area contributed by atoms with E-state index in [-0.39, 0.29) is 12.0 Å². The van der Waals surface area contributed by atoms with Gasteiger partial charge >= 0.3 is 6.09 Å². The third-order valence-corrected chi connectivity index (χ3v) is 6.84. The van der Waals surface area contributed by atoms with Gasteiger partial charge in [0.15, 0.2) is 0 Å². The van der Waals surface area contributed by atoms with Crippen LogP contribution in [-0.4, -0.2) is 71.4 Å². The van der Waals surface area contributed by atoms with Crippen LogP contribution in [0, 0.1) is 5.92 Å². The molecule has 0 radical (unpaired) electrons. The van der Waals surface area contributed by atoms with Crippen LogP contribution in [0.1, 0.15) is 63.2 Å². The van der Waals surface area contributed by atoms with Crippen LogP contribution in [0.2, 0.25) is 0 Å². The molecule has 0 saturated carbocycles. The molecule has 186 valence electrons. The van der Waals surface area contributed by atoms with Gasteiger partial charge in [0.1, 0.15) is 5.60 Å². The van der Waals surface area contributed by atoms with E-state index in [0.29, 0.717) is 32.2 Å². The van der Waals surface area contributed by atoms with Gasteiger partial charge in [0, 0.05) is 49.8 Å². The van der Waals surface area contributed by atoms with E-state index in [9.17, 15) is 9.59 Å². The second kappa shape index (κ2) is 10.8. The van der Waals surface area contributed by atoms with Gasteiger partial charge in [-0.2, -0.15) is 0 Å². The summed E-state index contributed by atoms with van der Waals surface area (Å²) in [5, 5.41) is 1.04. The van der Waals surface area contributed by atoms with Crippen LogP contribution in [0.3, 0.4) is 0 Å². The zero-order valence-electron chi connectivity index (χ0n) is 20.9. The molecule has 2 amide bonds. The zero-order valence-corrected chi connectivity index (χ0v) is 20.9. The Morgan fingerprint density at radius 3 is 2.41 bits per heavy atom. The van der Waals surface area contributed by atoms with E-state index in [1.807, 2.05) is 48.9 Å². The molecule has 0 atom stereocenters. The Morgan fingerprint density at radius 2 is 1.71 bits per heavy atom. The lowest BCUT2D eigenvalue weighted by molar-refractivity contribution is 0.0180. The Balaban J connectivity index is 1.27. The lowest BCUT2D eigenvalue weighted by Crippen LogP contribution is -2.41. The first-order valence-corrected chi connectivity index (χ1v) is 12.7. The van der Waals surface area contributed by atoms with Crippen molar-refractivity contribution in [1.29, 1.82) is 0 Å². The standard InChI is InChI=1S/C27H39N3O4/c1-27(2,3)34-26(32)29-14-11-21(12-15-29)8-6-7-13-30-20-23(22-9-4-5-10-24(22)30)25(31)28-16-18-33-19-17-28/h4-5,9-10,20-21H,6-8,11-19H2,1-3H3. The Labute approximate surface area is 203 Å². The van der Waals surface area contributed by atoms with E-state index in [0.717, 1.165) is 61.8 Å². The number of hydrogen-bond acceptors (Lipinski definition) is 4. The molecule has 2 fully saturated rings. The van der Waals surface area contributed by atoms with Crippen LogP contribution < -0.4 is 0 Å². The van der Waals surface area contributed by atoms with Crippen molar-refractivity contribution in [3.05, 3.63) is 36.0 Å². The number of ether oxygens (including phenoxy) is 2. The molecule has 7 nitrogen and oxygen atoms in total. The average molecular weight is 470 g/mol. The van der Waals surface area contributed by atoms with Crippen molar-refractivity contribution in [2.45, 2.75) is 65.0 Å². The number of amides is 2. The SMILES string of the molecule is CC(C)(C)OC(=O)N1CCC(CCCCn2cc(C(=O)N3CCOCC3)c3ccccc32)CC1. The van der Waals surface area contributed by atoms with Crippen molar-refractivity contribution in [2.75, 3.05) is 39.4 Å². The number of carbonyl (C=O) groups excluding carboxylic acids is 2. The number of morpholine rings is 1. The number of carbonyl (C=O) groups is 2. The van der Waals surface area contributed by atoms with E-state index in [2.05, 4.69) is 16.7 Å². The number of likely N-dealkylation sites (tertiary alicyclic amines) is 1. The van der Waals surface area contributed by atoms with Crippen LogP contribution in [0.25, 0.3) is 10.9 Å². The van der Waals surface area contributed by atoms with Crippen LogP contribution >= 0.6 is 0 Å². The Hall–Kier alpha value is -2.54. The molecular weight excluding hydrogens is 430 g/mol. The highest BCUT2D eigenvalue weighted by Crippen LogP contribution is 2.26. The number of fused-ring (bicyclic) bond motifs is 1. The molecule has 0 aliphatic carbocycles. The van der Waals surface area contributed by atoms with Gasteiger partial charge in [0.05, 0.1) is 18.8 Å². The van der Waals surface area contributed by atoms with Gasteiger partial charge in [-0.05, 0) is 52.0 Å². The average Bonchev–Trinajstić information content (AvgIpc) is 3.20. The monoisotopic (exact) mass is 469 g/mol. The second-order valence-electron chi connectivity index (χ2n) is 10.6. The minimum absolute atomic E-state index is 0.106. The highest BCUT2D eigenvalue weighted by atomic mass is 16.6. The van der Waals surface area contributed by atoms with Crippen LogP contribution in [0.5, 0.6) is 0 Å². The third-order valence-electron chi connectivity index (χ3n) is 6.84. The molecule has 2 aliphatic rings. The Kier molecular flexibility index (Phi) is 7.81. The fourth-order valence-corrected chi connectivity index (χ4v) is 4.98. The minimum Gasteiger partial charge on any atom is -0.444 e. The molecule has 1 aromatic carbocycles. The van der Waals surface area contributed by atoms with Crippen LogP contribution in [0.15, 0.2) is 30.5 Å². The van der Waals surface area contributed by atoms with E-state index in [1.165, 1.54) is 6.42 Å². The lowest BCUT2D eigenvalue weighted by Gasteiger charge is -2.33. The van der Waals surface area contributed by atoms with Crippen molar-refractivity contribution in [2.24, 2.45) is 5.92 Å². The van der Waals surface area contributed by atoms with E-state index in [4.69, 9.17) is 9.47 Å². The summed E-state index contributed by atoms with van der Waals surface area (Å²) in [5.41, 5.74) is 1.49. The summed E-state index contributed by atoms with van der Waals surface area (Å²) < 4.78 is 13.2. The van der Waals surface area contributed by atoms with Gasteiger partial charge in [-0.3, -0.25) is 4.79 Å². The van der Waals surface area contributed by atoms with Crippen molar-refractivity contribution < 1.29 is 19.1 Å². The molecule has 0 bridgehead atoms. The number of para-hydroxylation sites is 1. The highest BCUT2D eigenvalue weighted by molar-refractivity contribution is 6.07. The minimum atomic E-state index is -0.441. The predicted octanol–water partition coefficient (Wildman–Crippen LogP) is 4.93.